The fourth-order valence-corrected chi connectivity index (χ4v) is 6.31. The number of likely N-dealkylation sites (tertiary alicyclic amines) is 1. The van der Waals surface area contributed by atoms with Gasteiger partial charge in [-0.3, -0.25) is 14.5 Å². The number of hydrogen-bond donors (Lipinski definition) is 1. The molecule has 2 unspecified atom stereocenters. The topological polar surface area (TPSA) is 52.7 Å². The zero-order valence-electron chi connectivity index (χ0n) is 23.2. The molecule has 2 atom stereocenters. The summed E-state index contributed by atoms with van der Waals surface area (Å²) in [6, 6.07) is 17.6. The van der Waals surface area contributed by atoms with Crippen LogP contribution in [-0.2, 0) is 0 Å². The highest BCUT2D eigenvalue weighted by Gasteiger charge is 2.45. The van der Waals surface area contributed by atoms with Gasteiger partial charge in [-0.05, 0) is 54.8 Å². The first-order chi connectivity index (χ1) is 19.3. The summed E-state index contributed by atoms with van der Waals surface area (Å²) in [5.74, 6) is -2.84. The number of carbonyl (C=O) groups is 2. The minimum Gasteiger partial charge on any atom is -0.314 e. The second-order valence-corrected chi connectivity index (χ2v) is 11.1. The van der Waals surface area contributed by atoms with E-state index in [4.69, 9.17) is 0 Å². The highest BCUT2D eigenvalue weighted by molar-refractivity contribution is 6.02. The molecule has 5 nitrogen and oxygen atoms in total. The summed E-state index contributed by atoms with van der Waals surface area (Å²) >= 11 is 0. The summed E-state index contributed by atoms with van der Waals surface area (Å²) in [5, 5.41) is 3.37. The summed E-state index contributed by atoms with van der Waals surface area (Å²) < 4.78 is 28.5. The molecule has 5 rings (SSSR count). The maximum atomic E-state index is 14.2. The lowest BCUT2D eigenvalue weighted by Crippen LogP contribution is -2.53. The Bertz CT molecular complexity index is 1300. The largest absolute Gasteiger partial charge is 0.314 e. The van der Waals surface area contributed by atoms with Crippen molar-refractivity contribution < 1.29 is 18.4 Å². The predicted molar refractivity (Wildman–Crippen MR) is 153 cm³/mol. The number of aryl methyl sites for hydroxylation is 1. The molecule has 0 aliphatic carbocycles. The first-order valence-corrected chi connectivity index (χ1v) is 14.1. The highest BCUT2D eigenvalue weighted by atomic mass is 19.1. The van der Waals surface area contributed by atoms with Gasteiger partial charge in [0.15, 0.2) is 11.6 Å². The van der Waals surface area contributed by atoms with Crippen LogP contribution in [0.3, 0.4) is 0 Å². The van der Waals surface area contributed by atoms with Crippen LogP contribution in [0.15, 0.2) is 66.7 Å². The molecule has 3 aromatic carbocycles. The molecule has 1 N–H and O–H groups in total. The van der Waals surface area contributed by atoms with E-state index < -0.39 is 29.4 Å². The number of piperidine rings is 1. The van der Waals surface area contributed by atoms with E-state index in [0.29, 0.717) is 30.8 Å². The molecule has 0 amide bonds. The number of ketones is 2. The summed E-state index contributed by atoms with van der Waals surface area (Å²) in [6.07, 6.45) is 0. The second-order valence-electron chi connectivity index (χ2n) is 11.1. The Kier molecular flexibility index (Phi) is 8.84. The van der Waals surface area contributed by atoms with Crippen LogP contribution in [0.25, 0.3) is 0 Å². The average molecular weight is 546 g/mol. The minimum atomic E-state index is -0.568. The van der Waals surface area contributed by atoms with Gasteiger partial charge in [0.1, 0.15) is 11.6 Å². The van der Waals surface area contributed by atoms with Gasteiger partial charge in [-0.2, -0.15) is 0 Å². The Balaban J connectivity index is 1.57. The molecule has 2 saturated heterocycles. The SMILES string of the molecule is Cc1cccc(C2C(C(=O)c3cccc(F)c3)CN(CCN3CCNCC3)CC2C(=O)c2cccc(F)c2)c1C. The Morgan fingerprint density at radius 3 is 1.85 bits per heavy atom. The lowest BCUT2D eigenvalue weighted by molar-refractivity contribution is 0.0542. The number of hydrogen-bond acceptors (Lipinski definition) is 5. The number of Topliss-reactive ketones (excluding diaryl/α,β-unsaturated/α-hetero) is 2. The maximum Gasteiger partial charge on any atom is 0.167 e. The molecule has 3 aromatic rings. The minimum absolute atomic E-state index is 0.172. The fourth-order valence-electron chi connectivity index (χ4n) is 6.31. The third-order valence-corrected chi connectivity index (χ3v) is 8.62. The van der Waals surface area contributed by atoms with Gasteiger partial charge >= 0.3 is 0 Å². The van der Waals surface area contributed by atoms with E-state index in [1.165, 1.54) is 24.3 Å². The van der Waals surface area contributed by atoms with E-state index in [2.05, 4.69) is 15.1 Å². The maximum absolute atomic E-state index is 14.2. The van der Waals surface area contributed by atoms with Crippen LogP contribution in [0.2, 0.25) is 0 Å². The summed E-state index contributed by atoms with van der Waals surface area (Å²) in [4.78, 5) is 32.9. The van der Waals surface area contributed by atoms with E-state index >= 15 is 0 Å². The number of carbonyl (C=O) groups excluding carboxylic acids is 2. The van der Waals surface area contributed by atoms with Crippen molar-refractivity contribution >= 4 is 11.6 Å². The van der Waals surface area contributed by atoms with Gasteiger partial charge in [0.25, 0.3) is 0 Å². The number of nitrogens with zero attached hydrogens (tertiary/aromatic N) is 2. The molecule has 0 radical (unpaired) electrons. The number of piperazine rings is 1. The van der Waals surface area contributed by atoms with Crippen LogP contribution in [0.1, 0.15) is 43.3 Å². The summed E-state index contributed by atoms with van der Waals surface area (Å²) in [7, 11) is 0. The van der Waals surface area contributed by atoms with Crippen molar-refractivity contribution in [3.63, 3.8) is 0 Å². The molecule has 7 heteroatoms. The van der Waals surface area contributed by atoms with Gasteiger partial charge in [-0.1, -0.05) is 42.5 Å². The predicted octanol–water partition coefficient (Wildman–Crippen LogP) is 4.88. The van der Waals surface area contributed by atoms with Gasteiger partial charge in [0, 0.05) is 81.2 Å². The third-order valence-electron chi connectivity index (χ3n) is 8.62. The molecule has 210 valence electrons. The zero-order valence-corrected chi connectivity index (χ0v) is 23.2. The fraction of sp³-hybridized carbons (Fsp3) is 0.394. The molecule has 0 bridgehead atoms. The smallest absolute Gasteiger partial charge is 0.167 e. The van der Waals surface area contributed by atoms with Crippen molar-refractivity contribution in [1.82, 2.24) is 15.1 Å². The second kappa shape index (κ2) is 12.5. The molecule has 0 aromatic heterocycles. The van der Waals surface area contributed by atoms with Crippen LogP contribution in [0.4, 0.5) is 8.78 Å². The van der Waals surface area contributed by atoms with E-state index in [9.17, 15) is 18.4 Å². The molecular weight excluding hydrogens is 508 g/mol. The zero-order chi connectivity index (χ0) is 28.2. The van der Waals surface area contributed by atoms with Crippen LogP contribution < -0.4 is 5.32 Å². The van der Waals surface area contributed by atoms with Crippen molar-refractivity contribution in [3.8, 4) is 0 Å². The van der Waals surface area contributed by atoms with Crippen molar-refractivity contribution in [2.24, 2.45) is 11.8 Å². The Morgan fingerprint density at radius 2 is 1.30 bits per heavy atom. The van der Waals surface area contributed by atoms with Crippen molar-refractivity contribution in [2.45, 2.75) is 19.8 Å². The van der Waals surface area contributed by atoms with E-state index in [1.54, 1.807) is 24.3 Å². The number of halogens is 2. The highest BCUT2D eigenvalue weighted by Crippen LogP contribution is 2.42. The molecule has 2 aliphatic heterocycles. The Morgan fingerprint density at radius 1 is 0.775 bits per heavy atom. The van der Waals surface area contributed by atoms with Crippen LogP contribution in [0, 0.1) is 37.3 Å². The third kappa shape index (κ3) is 6.22. The van der Waals surface area contributed by atoms with Gasteiger partial charge in [-0.25, -0.2) is 8.78 Å². The van der Waals surface area contributed by atoms with Gasteiger partial charge < -0.3 is 10.2 Å². The standard InChI is InChI=1S/C33H37F2N3O2/c1-22-6-3-11-28(23(22)2)31-29(32(39)24-7-4-9-26(34)18-24)20-38(17-16-37-14-12-36-13-15-37)21-30(31)33(40)25-8-5-10-27(35)19-25/h3-11,18-19,29-31,36H,12-17,20-21H2,1-2H3. The van der Waals surface area contributed by atoms with Crippen molar-refractivity contribution in [3.05, 3.63) is 106 Å². The quantitative estimate of drug-likeness (QED) is 0.409. The molecular formula is C33H37F2N3O2. The number of rotatable bonds is 8. The average Bonchev–Trinajstić information content (AvgIpc) is 2.97. The van der Waals surface area contributed by atoms with Gasteiger partial charge in [0.2, 0.25) is 0 Å². The van der Waals surface area contributed by atoms with Gasteiger partial charge in [0.05, 0.1) is 0 Å². The van der Waals surface area contributed by atoms with Crippen molar-refractivity contribution in [1.29, 1.82) is 0 Å². The van der Waals surface area contributed by atoms with Crippen LogP contribution in [0.5, 0.6) is 0 Å². The molecule has 0 spiro atoms. The lowest BCUT2D eigenvalue weighted by Gasteiger charge is -2.44. The molecule has 2 heterocycles. The van der Waals surface area contributed by atoms with Gasteiger partial charge in [-0.15, -0.1) is 0 Å². The van der Waals surface area contributed by atoms with E-state index in [0.717, 1.165) is 49.4 Å². The van der Waals surface area contributed by atoms with Crippen molar-refractivity contribution in [2.75, 3.05) is 52.4 Å². The molecule has 40 heavy (non-hydrogen) atoms. The molecule has 2 fully saturated rings. The molecule has 0 saturated carbocycles. The van der Waals surface area contributed by atoms with E-state index in [-0.39, 0.29) is 11.6 Å². The Hall–Kier alpha value is -3.26. The lowest BCUT2D eigenvalue weighted by atomic mass is 9.67. The number of nitrogens with one attached hydrogen (secondary N) is 1. The Labute approximate surface area is 235 Å². The monoisotopic (exact) mass is 545 g/mol. The molecule has 2 aliphatic rings. The first-order valence-electron chi connectivity index (χ1n) is 14.1. The summed E-state index contributed by atoms with van der Waals surface area (Å²) in [5.41, 5.74) is 3.68. The van der Waals surface area contributed by atoms with E-state index in [1.807, 2.05) is 32.0 Å². The summed E-state index contributed by atoms with van der Waals surface area (Å²) in [6.45, 7) is 10.3. The normalized spacial score (nSPS) is 22.2. The number of benzene rings is 3. The van der Waals surface area contributed by atoms with Crippen LogP contribution >= 0.6 is 0 Å². The van der Waals surface area contributed by atoms with Crippen LogP contribution in [-0.4, -0.2) is 73.7 Å². The first kappa shape index (κ1) is 28.3.